The van der Waals surface area contributed by atoms with Gasteiger partial charge in [0, 0.05) is 11.3 Å². The van der Waals surface area contributed by atoms with Gasteiger partial charge in [-0.1, -0.05) is 11.6 Å². The molecule has 0 bridgehead atoms. The van der Waals surface area contributed by atoms with Crippen LogP contribution in [-0.2, 0) is 4.74 Å². The standard InChI is InChI=1S/C19H20ClNO6/c1-9-16(11(3)22)10(2)21-17(9)14(23)8-27-19(24)12-6-13(20)18(26-5)15(7-12)25-4/h6-7,21H,8H2,1-5H3. The number of carbonyl (C=O) groups is 3. The van der Waals surface area contributed by atoms with E-state index in [-0.39, 0.29) is 27.8 Å². The summed E-state index contributed by atoms with van der Waals surface area (Å²) >= 11 is 6.07. The average molecular weight is 394 g/mol. The van der Waals surface area contributed by atoms with Gasteiger partial charge in [-0.15, -0.1) is 0 Å². The zero-order valence-corrected chi connectivity index (χ0v) is 16.4. The number of nitrogens with one attached hydrogen (secondary N) is 1. The molecule has 2 rings (SSSR count). The Morgan fingerprint density at radius 1 is 1.11 bits per heavy atom. The molecule has 0 aliphatic carbocycles. The van der Waals surface area contributed by atoms with Crippen LogP contribution in [0.3, 0.4) is 0 Å². The van der Waals surface area contributed by atoms with Gasteiger partial charge in [0.25, 0.3) is 0 Å². The van der Waals surface area contributed by atoms with Gasteiger partial charge in [0.05, 0.1) is 30.5 Å². The van der Waals surface area contributed by atoms with E-state index in [2.05, 4.69) is 4.98 Å². The summed E-state index contributed by atoms with van der Waals surface area (Å²) in [4.78, 5) is 39.2. The molecule has 0 fully saturated rings. The molecule has 7 nitrogen and oxygen atoms in total. The summed E-state index contributed by atoms with van der Waals surface area (Å²) in [7, 11) is 2.84. The van der Waals surface area contributed by atoms with Gasteiger partial charge in [-0.05, 0) is 38.5 Å². The molecule has 0 saturated carbocycles. The number of halogens is 1. The minimum absolute atomic E-state index is 0.120. The van der Waals surface area contributed by atoms with Crippen molar-refractivity contribution in [2.75, 3.05) is 20.8 Å². The smallest absolute Gasteiger partial charge is 0.338 e. The predicted molar refractivity (Wildman–Crippen MR) is 99.4 cm³/mol. The number of Topliss-reactive ketones (excluding diaryl/α,β-unsaturated/α-hetero) is 2. The maximum Gasteiger partial charge on any atom is 0.338 e. The van der Waals surface area contributed by atoms with E-state index in [1.807, 2.05) is 0 Å². The Morgan fingerprint density at radius 2 is 1.78 bits per heavy atom. The zero-order chi connectivity index (χ0) is 20.3. The number of aryl methyl sites for hydroxylation is 1. The summed E-state index contributed by atoms with van der Waals surface area (Å²) in [5.41, 5.74) is 1.97. The van der Waals surface area contributed by atoms with Gasteiger partial charge in [0.1, 0.15) is 0 Å². The molecule has 1 aromatic heterocycles. The molecule has 2 aromatic rings. The molecule has 1 aromatic carbocycles. The van der Waals surface area contributed by atoms with Gasteiger partial charge in [-0.25, -0.2) is 4.79 Å². The van der Waals surface area contributed by atoms with E-state index < -0.39 is 18.4 Å². The molecule has 0 saturated heterocycles. The minimum atomic E-state index is -0.737. The van der Waals surface area contributed by atoms with Crippen molar-refractivity contribution in [3.8, 4) is 11.5 Å². The third kappa shape index (κ3) is 4.14. The number of aromatic nitrogens is 1. The van der Waals surface area contributed by atoms with Crippen molar-refractivity contribution in [1.29, 1.82) is 0 Å². The Hall–Kier alpha value is -2.80. The first-order chi connectivity index (χ1) is 12.7. The van der Waals surface area contributed by atoms with Crippen LogP contribution in [0.4, 0.5) is 0 Å². The number of carbonyl (C=O) groups excluding carboxylic acids is 3. The Morgan fingerprint density at radius 3 is 2.30 bits per heavy atom. The maximum atomic E-state index is 12.4. The third-order valence-corrected chi connectivity index (χ3v) is 4.35. The zero-order valence-electron chi connectivity index (χ0n) is 15.7. The van der Waals surface area contributed by atoms with Crippen LogP contribution in [0.2, 0.25) is 5.02 Å². The number of ether oxygens (including phenoxy) is 3. The van der Waals surface area contributed by atoms with Crippen LogP contribution in [0.1, 0.15) is 49.4 Å². The molecule has 27 heavy (non-hydrogen) atoms. The molecule has 0 spiro atoms. The number of methoxy groups -OCH3 is 2. The molecular formula is C19H20ClNO6. The van der Waals surface area contributed by atoms with Gasteiger partial charge < -0.3 is 19.2 Å². The van der Waals surface area contributed by atoms with Crippen LogP contribution in [0.25, 0.3) is 0 Å². The lowest BCUT2D eigenvalue weighted by Gasteiger charge is -2.11. The van der Waals surface area contributed by atoms with Crippen molar-refractivity contribution < 1.29 is 28.6 Å². The fourth-order valence-corrected chi connectivity index (χ4v) is 3.17. The predicted octanol–water partition coefficient (Wildman–Crippen LogP) is 3.54. The maximum absolute atomic E-state index is 12.4. The van der Waals surface area contributed by atoms with Crippen molar-refractivity contribution in [2.45, 2.75) is 20.8 Å². The Kier molecular flexibility index (Phi) is 6.28. The van der Waals surface area contributed by atoms with Crippen LogP contribution in [0.15, 0.2) is 12.1 Å². The van der Waals surface area contributed by atoms with Crippen LogP contribution in [0, 0.1) is 13.8 Å². The highest BCUT2D eigenvalue weighted by Crippen LogP contribution is 2.36. The molecule has 0 aliphatic heterocycles. The van der Waals surface area contributed by atoms with Gasteiger partial charge in [0.2, 0.25) is 5.78 Å². The third-order valence-electron chi connectivity index (χ3n) is 4.07. The van der Waals surface area contributed by atoms with Crippen LogP contribution < -0.4 is 9.47 Å². The first kappa shape index (κ1) is 20.5. The van der Waals surface area contributed by atoms with Crippen molar-refractivity contribution >= 4 is 29.1 Å². The second kappa shape index (κ2) is 8.26. The first-order valence-corrected chi connectivity index (χ1v) is 8.41. The van der Waals surface area contributed by atoms with Crippen LogP contribution >= 0.6 is 11.6 Å². The van der Waals surface area contributed by atoms with Crippen molar-refractivity contribution in [3.05, 3.63) is 45.2 Å². The van der Waals surface area contributed by atoms with E-state index in [1.165, 1.54) is 33.3 Å². The minimum Gasteiger partial charge on any atom is -0.493 e. The van der Waals surface area contributed by atoms with E-state index in [1.54, 1.807) is 13.8 Å². The molecule has 0 amide bonds. The molecular weight excluding hydrogens is 374 g/mol. The highest BCUT2D eigenvalue weighted by atomic mass is 35.5. The number of hydrogen-bond donors (Lipinski definition) is 1. The lowest BCUT2D eigenvalue weighted by molar-refractivity contribution is 0.0473. The molecule has 0 unspecified atom stereocenters. The fraction of sp³-hybridized carbons (Fsp3) is 0.316. The first-order valence-electron chi connectivity index (χ1n) is 8.03. The summed E-state index contributed by atoms with van der Waals surface area (Å²) in [6.45, 7) is 4.32. The normalized spacial score (nSPS) is 10.4. The molecule has 0 atom stereocenters. The lowest BCUT2D eigenvalue weighted by atomic mass is 10.1. The number of esters is 1. The number of H-pyrrole nitrogens is 1. The lowest BCUT2D eigenvalue weighted by Crippen LogP contribution is -2.15. The van der Waals surface area contributed by atoms with E-state index in [0.717, 1.165) is 0 Å². The fourth-order valence-electron chi connectivity index (χ4n) is 2.88. The molecule has 8 heteroatoms. The van der Waals surface area contributed by atoms with Crippen molar-refractivity contribution in [1.82, 2.24) is 4.98 Å². The average Bonchev–Trinajstić information content (AvgIpc) is 2.92. The second-order valence-electron chi connectivity index (χ2n) is 5.87. The van der Waals surface area contributed by atoms with Gasteiger partial charge in [0.15, 0.2) is 23.9 Å². The molecule has 1 heterocycles. The van der Waals surface area contributed by atoms with E-state index in [0.29, 0.717) is 22.6 Å². The highest BCUT2D eigenvalue weighted by molar-refractivity contribution is 6.32. The number of benzene rings is 1. The number of aromatic amines is 1. The summed E-state index contributed by atoms with van der Waals surface area (Å²) in [6.07, 6.45) is 0. The molecule has 1 N–H and O–H groups in total. The van der Waals surface area contributed by atoms with E-state index in [9.17, 15) is 14.4 Å². The van der Waals surface area contributed by atoms with Gasteiger partial charge in [-0.3, -0.25) is 9.59 Å². The van der Waals surface area contributed by atoms with Crippen molar-refractivity contribution in [3.63, 3.8) is 0 Å². The summed E-state index contributed by atoms with van der Waals surface area (Å²) in [5, 5.41) is 0.178. The van der Waals surface area contributed by atoms with Crippen LogP contribution in [-0.4, -0.2) is 43.3 Å². The topological polar surface area (TPSA) is 94.7 Å². The Balaban J connectivity index is 2.17. The van der Waals surface area contributed by atoms with Crippen molar-refractivity contribution in [2.24, 2.45) is 0 Å². The monoisotopic (exact) mass is 393 g/mol. The van der Waals surface area contributed by atoms with Crippen LogP contribution in [0.5, 0.6) is 11.5 Å². The van der Waals surface area contributed by atoms with E-state index >= 15 is 0 Å². The molecule has 144 valence electrons. The summed E-state index contributed by atoms with van der Waals surface area (Å²) < 4.78 is 15.3. The van der Waals surface area contributed by atoms with Gasteiger partial charge >= 0.3 is 5.97 Å². The quantitative estimate of drug-likeness (QED) is 0.571. The second-order valence-corrected chi connectivity index (χ2v) is 6.28. The van der Waals surface area contributed by atoms with E-state index in [4.69, 9.17) is 25.8 Å². The Labute approximate surface area is 161 Å². The Bertz CT molecular complexity index is 915. The van der Waals surface area contributed by atoms with Gasteiger partial charge in [-0.2, -0.15) is 0 Å². The summed E-state index contributed by atoms with van der Waals surface area (Å²) in [5.74, 6) is -0.759. The number of rotatable bonds is 7. The SMILES string of the molecule is COc1cc(C(=O)OCC(=O)c2[nH]c(C)c(C(C)=O)c2C)cc(Cl)c1OC. The largest absolute Gasteiger partial charge is 0.493 e. The molecule has 0 aliphatic rings. The molecule has 0 radical (unpaired) electrons. The number of hydrogen-bond acceptors (Lipinski definition) is 6. The summed E-state index contributed by atoms with van der Waals surface area (Å²) in [6, 6.07) is 2.78. The number of ketones is 2. The highest BCUT2D eigenvalue weighted by Gasteiger charge is 2.22.